The zero-order valence-electron chi connectivity index (χ0n) is 19.7. The average Bonchev–Trinajstić information content (AvgIpc) is 3.52. The van der Waals surface area contributed by atoms with Crippen LogP contribution in [0.15, 0.2) is 42.5 Å². The van der Waals surface area contributed by atoms with Crippen molar-refractivity contribution in [3.05, 3.63) is 53.1 Å². The minimum Gasteiger partial charge on any atom is -0.497 e. The van der Waals surface area contributed by atoms with Crippen molar-refractivity contribution in [2.75, 3.05) is 44.1 Å². The van der Waals surface area contributed by atoms with Crippen molar-refractivity contribution in [3.8, 4) is 11.5 Å². The minimum absolute atomic E-state index is 0.0377. The van der Waals surface area contributed by atoms with Gasteiger partial charge in [0.2, 0.25) is 5.91 Å². The molecule has 2 aromatic carbocycles. The maximum atomic E-state index is 13.5. The Labute approximate surface area is 213 Å². The van der Waals surface area contributed by atoms with Gasteiger partial charge in [-0.05, 0) is 55.2 Å². The Bertz CT molecular complexity index is 1110. The average molecular weight is 518 g/mol. The molecule has 1 aliphatic carbocycles. The first kappa shape index (κ1) is 25.2. The lowest BCUT2D eigenvalue weighted by molar-refractivity contribution is -0.158. The molecule has 186 valence electrons. The van der Waals surface area contributed by atoms with Crippen LogP contribution in [0.1, 0.15) is 24.8 Å². The van der Waals surface area contributed by atoms with Crippen LogP contribution in [0.25, 0.3) is 0 Å². The molecule has 2 fully saturated rings. The molecule has 1 saturated carbocycles. The van der Waals surface area contributed by atoms with E-state index in [1.54, 1.807) is 30.3 Å². The number of hydrazine groups is 1. The lowest BCUT2D eigenvalue weighted by atomic mass is 9.94. The summed E-state index contributed by atoms with van der Waals surface area (Å²) in [4.78, 5) is 38.8. The number of hydrogen-bond donors (Lipinski definition) is 1. The summed E-state index contributed by atoms with van der Waals surface area (Å²) in [5.41, 5.74) is 0.852. The van der Waals surface area contributed by atoms with Crippen LogP contribution in [0.2, 0.25) is 5.02 Å². The number of carbonyl (C=O) groups excluding carboxylic acids is 3. The van der Waals surface area contributed by atoms with Crippen LogP contribution in [0.5, 0.6) is 11.5 Å². The zero-order chi connectivity index (χ0) is 25.0. The summed E-state index contributed by atoms with van der Waals surface area (Å²) in [6, 6.07) is 12.5. The summed E-state index contributed by atoms with van der Waals surface area (Å²) in [6.45, 7) is 1.01. The number of anilines is 1. The molecule has 0 radical (unpaired) electrons. The molecule has 1 heterocycles. The molecule has 1 N–H and O–H groups in total. The number of ether oxygens (including phenoxy) is 2. The highest BCUT2D eigenvalue weighted by atomic mass is 35.5. The predicted octanol–water partition coefficient (Wildman–Crippen LogP) is 3.74. The van der Waals surface area contributed by atoms with Crippen molar-refractivity contribution < 1.29 is 23.9 Å². The topological polar surface area (TPSA) is 88.2 Å². The van der Waals surface area contributed by atoms with Crippen molar-refractivity contribution in [3.63, 3.8) is 0 Å². The third kappa shape index (κ3) is 5.51. The molecule has 0 aromatic heterocycles. The molecule has 1 aliphatic heterocycles. The van der Waals surface area contributed by atoms with Gasteiger partial charge in [0.1, 0.15) is 11.5 Å². The van der Waals surface area contributed by atoms with Crippen LogP contribution >= 0.6 is 23.4 Å². The fourth-order valence-electron chi connectivity index (χ4n) is 4.26. The molecule has 0 bridgehead atoms. The number of nitrogens with zero attached hydrogens (tertiary/aromatic N) is 2. The molecule has 3 amide bonds. The number of amides is 3. The molecule has 2 aliphatic rings. The largest absolute Gasteiger partial charge is 0.497 e. The Morgan fingerprint density at radius 3 is 2.37 bits per heavy atom. The summed E-state index contributed by atoms with van der Waals surface area (Å²) in [7, 11) is 3.12. The van der Waals surface area contributed by atoms with Crippen molar-refractivity contribution in [1.82, 2.24) is 10.0 Å². The maximum absolute atomic E-state index is 13.5. The van der Waals surface area contributed by atoms with Crippen molar-refractivity contribution in [2.45, 2.75) is 24.7 Å². The molecule has 4 rings (SSSR count). The Kier molecular flexibility index (Phi) is 7.76. The van der Waals surface area contributed by atoms with Gasteiger partial charge in [0.15, 0.2) is 0 Å². The van der Waals surface area contributed by atoms with E-state index in [0.717, 1.165) is 30.6 Å². The van der Waals surface area contributed by atoms with Crippen molar-refractivity contribution in [2.24, 2.45) is 0 Å². The van der Waals surface area contributed by atoms with E-state index >= 15 is 0 Å². The Balaban J connectivity index is 1.32. The second kappa shape index (κ2) is 10.8. The minimum atomic E-state index is -0.571. The quantitative estimate of drug-likeness (QED) is 0.545. The summed E-state index contributed by atoms with van der Waals surface area (Å²) in [5.74, 6) is 0.932. The summed E-state index contributed by atoms with van der Waals surface area (Å²) >= 11 is 7.21. The number of halogens is 1. The van der Waals surface area contributed by atoms with E-state index in [1.165, 1.54) is 23.9 Å². The van der Waals surface area contributed by atoms with Gasteiger partial charge < -0.3 is 14.8 Å². The lowest BCUT2D eigenvalue weighted by Crippen LogP contribution is -2.49. The fourth-order valence-corrected chi connectivity index (χ4v) is 5.12. The van der Waals surface area contributed by atoms with Gasteiger partial charge in [0, 0.05) is 18.1 Å². The van der Waals surface area contributed by atoms with E-state index < -0.39 is 5.41 Å². The van der Waals surface area contributed by atoms with Gasteiger partial charge in [-0.3, -0.25) is 24.4 Å². The number of thioether (sulfide) groups is 1. The van der Waals surface area contributed by atoms with E-state index in [9.17, 15) is 14.4 Å². The number of hydrogen-bond acceptors (Lipinski definition) is 6. The first-order valence-corrected chi connectivity index (χ1v) is 12.9. The van der Waals surface area contributed by atoms with Gasteiger partial charge in [-0.1, -0.05) is 23.7 Å². The first-order chi connectivity index (χ1) is 16.9. The van der Waals surface area contributed by atoms with Gasteiger partial charge in [0.25, 0.3) is 11.8 Å². The normalized spacial score (nSPS) is 16.1. The maximum Gasteiger partial charge on any atom is 0.251 e. The number of carbonyl (C=O) groups is 3. The third-order valence-electron chi connectivity index (χ3n) is 6.25. The highest BCUT2D eigenvalue weighted by Crippen LogP contribution is 2.50. The molecule has 2 aromatic rings. The molecule has 0 unspecified atom stereocenters. The molecular formula is C25H28ClN3O5S. The highest BCUT2D eigenvalue weighted by molar-refractivity contribution is 8.00. The Morgan fingerprint density at radius 2 is 1.71 bits per heavy atom. The smallest absolute Gasteiger partial charge is 0.251 e. The number of methoxy groups -OCH3 is 2. The number of rotatable bonds is 9. The Morgan fingerprint density at radius 1 is 1.00 bits per heavy atom. The van der Waals surface area contributed by atoms with Gasteiger partial charge in [-0.2, -0.15) is 0 Å². The molecule has 1 saturated heterocycles. The second-order valence-corrected chi connectivity index (χ2v) is 9.92. The summed E-state index contributed by atoms with van der Waals surface area (Å²) in [6.07, 6.45) is 2.26. The summed E-state index contributed by atoms with van der Waals surface area (Å²) in [5, 5.41) is 6.37. The van der Waals surface area contributed by atoms with Crippen LogP contribution in [-0.4, -0.2) is 66.6 Å². The molecular weight excluding hydrogens is 490 g/mol. The molecule has 0 spiro atoms. The third-order valence-corrected chi connectivity index (χ3v) is 7.40. The van der Waals surface area contributed by atoms with E-state index in [0.29, 0.717) is 29.5 Å². The molecule has 10 heteroatoms. The van der Waals surface area contributed by atoms with E-state index in [-0.39, 0.29) is 29.2 Å². The lowest BCUT2D eigenvalue weighted by Gasteiger charge is -2.31. The molecule has 35 heavy (non-hydrogen) atoms. The van der Waals surface area contributed by atoms with Crippen LogP contribution in [0, 0.1) is 0 Å². The van der Waals surface area contributed by atoms with Gasteiger partial charge in [-0.25, -0.2) is 0 Å². The number of benzene rings is 2. The number of nitrogens with one attached hydrogen (secondary N) is 1. The van der Waals surface area contributed by atoms with Gasteiger partial charge in [-0.15, -0.1) is 11.8 Å². The summed E-state index contributed by atoms with van der Waals surface area (Å²) < 4.78 is 10.5. The zero-order valence-corrected chi connectivity index (χ0v) is 21.3. The van der Waals surface area contributed by atoms with Crippen LogP contribution in [0.3, 0.4) is 0 Å². The van der Waals surface area contributed by atoms with Crippen molar-refractivity contribution in [1.29, 1.82) is 0 Å². The SMILES string of the molecule is COc1ccc(C2(C(=O)N3CCCN3C(=O)CSCC(=O)Nc3cc(Cl)ccc3OC)CC2)cc1. The van der Waals surface area contributed by atoms with Gasteiger partial charge in [0.05, 0.1) is 36.8 Å². The van der Waals surface area contributed by atoms with Crippen LogP contribution in [-0.2, 0) is 19.8 Å². The van der Waals surface area contributed by atoms with E-state index in [4.69, 9.17) is 21.1 Å². The fraction of sp³-hybridized carbons (Fsp3) is 0.400. The predicted molar refractivity (Wildman–Crippen MR) is 136 cm³/mol. The molecule has 0 atom stereocenters. The van der Waals surface area contributed by atoms with E-state index in [2.05, 4.69) is 5.32 Å². The highest BCUT2D eigenvalue weighted by Gasteiger charge is 2.54. The van der Waals surface area contributed by atoms with E-state index in [1.807, 2.05) is 24.3 Å². The van der Waals surface area contributed by atoms with Gasteiger partial charge >= 0.3 is 0 Å². The van der Waals surface area contributed by atoms with Crippen molar-refractivity contribution >= 4 is 46.8 Å². The first-order valence-electron chi connectivity index (χ1n) is 11.4. The Hall–Kier alpha value is -2.91. The van der Waals surface area contributed by atoms with Crippen LogP contribution in [0.4, 0.5) is 5.69 Å². The standard InChI is InChI=1S/C25H28ClN3O5S/c1-33-19-7-4-17(5-8-19)25(10-11-25)24(32)29-13-3-12-28(29)23(31)16-35-15-22(30)27-20-14-18(26)6-9-21(20)34-2/h4-9,14H,3,10-13,15-16H2,1-2H3,(H,27,30). The second-order valence-electron chi connectivity index (χ2n) is 8.49. The van der Waals surface area contributed by atoms with Crippen LogP contribution < -0.4 is 14.8 Å². The molecule has 8 nitrogen and oxygen atoms in total. The monoisotopic (exact) mass is 517 g/mol.